The summed E-state index contributed by atoms with van der Waals surface area (Å²) >= 11 is 0.134. The topological polar surface area (TPSA) is 149 Å². The second kappa shape index (κ2) is 6.00. The molecule has 8 nitrogen and oxygen atoms in total. The summed E-state index contributed by atoms with van der Waals surface area (Å²) < 4.78 is 30.2. The van der Waals surface area contributed by atoms with Gasteiger partial charge in [-0.2, -0.15) is 8.42 Å². The number of rotatable bonds is 7. The van der Waals surface area contributed by atoms with Gasteiger partial charge in [-0.05, 0) is 0 Å². The fourth-order valence-corrected chi connectivity index (χ4v) is 2.96. The van der Waals surface area contributed by atoms with Crippen LogP contribution in [0.1, 0.15) is 0 Å². The molecule has 0 aliphatic heterocycles. The Labute approximate surface area is 101 Å². The van der Waals surface area contributed by atoms with Gasteiger partial charge in [-0.15, -0.1) is 11.8 Å². The number of carboxylic acid groups (broad SMARTS) is 2. The fraction of sp³-hybridized carbons (Fsp3) is 0.429. The van der Waals surface area contributed by atoms with E-state index in [1.54, 1.807) is 0 Å². The third-order valence-corrected chi connectivity index (χ3v) is 4.10. The van der Waals surface area contributed by atoms with Crippen molar-refractivity contribution in [2.24, 2.45) is 0 Å². The van der Waals surface area contributed by atoms with Crippen molar-refractivity contribution < 1.29 is 37.9 Å². The average Bonchev–Trinajstić information content (AvgIpc) is 2.13. The third kappa shape index (κ3) is 4.73. The van der Waals surface area contributed by atoms with E-state index in [1.165, 1.54) is 0 Å². The summed E-state index contributed by atoms with van der Waals surface area (Å²) in [5.41, 5.74) is -1.47. The maximum Gasteiger partial charge on any atom is 0.326 e. The zero-order valence-corrected chi connectivity index (χ0v) is 9.89. The van der Waals surface area contributed by atoms with Crippen molar-refractivity contribution in [1.82, 2.24) is 0 Å². The molecule has 0 bridgehead atoms. The quantitative estimate of drug-likeness (QED) is 0.263. The summed E-state index contributed by atoms with van der Waals surface area (Å²) in [6.07, 6.45) is 0.892. The van der Waals surface area contributed by atoms with E-state index in [4.69, 9.17) is 19.9 Å². The molecule has 0 aromatic heterocycles. The molecule has 0 heterocycles. The molecule has 0 saturated carbocycles. The predicted octanol–water partition coefficient (Wildman–Crippen LogP) is -0.982. The molecular formula is C7H10O8S2. The highest BCUT2D eigenvalue weighted by molar-refractivity contribution is 8.02. The van der Waals surface area contributed by atoms with E-state index in [2.05, 4.69) is 6.58 Å². The number of hydrogen-bond acceptors (Lipinski definition) is 6. The van der Waals surface area contributed by atoms with Crippen LogP contribution in [0.25, 0.3) is 0 Å². The smallest absolute Gasteiger partial charge is 0.326 e. The first-order valence-electron chi connectivity index (χ1n) is 3.99. The molecule has 3 atom stereocenters. The Kier molecular flexibility index (Phi) is 5.61. The molecule has 17 heavy (non-hydrogen) atoms. The minimum absolute atomic E-state index is 0.134. The van der Waals surface area contributed by atoms with Gasteiger partial charge in [-0.3, -0.25) is 14.1 Å². The highest BCUT2D eigenvalue weighted by atomic mass is 32.2. The van der Waals surface area contributed by atoms with Crippen molar-refractivity contribution in [1.29, 1.82) is 0 Å². The molecular weight excluding hydrogens is 276 g/mol. The van der Waals surface area contributed by atoms with Crippen LogP contribution in [0.15, 0.2) is 12.7 Å². The zero-order chi connectivity index (χ0) is 13.8. The second-order valence-electron chi connectivity index (χ2n) is 2.79. The van der Waals surface area contributed by atoms with Gasteiger partial charge in [0.1, 0.15) is 10.7 Å². The van der Waals surface area contributed by atoms with Gasteiger partial charge >= 0.3 is 11.9 Å². The fourth-order valence-electron chi connectivity index (χ4n) is 0.878. The van der Waals surface area contributed by atoms with Crippen LogP contribution in [0, 0.1) is 0 Å². The second-order valence-corrected chi connectivity index (χ2v) is 5.60. The standard InChI is InChI=1S/C7H10O8S2/c1-2-3(8)16-4(6(9)10)5(7(11)12)17(13,14)15/h2-5,8H,1H2,(H,9,10)(H,11,12)(H,13,14,15). The van der Waals surface area contributed by atoms with E-state index < -0.39 is 38.0 Å². The van der Waals surface area contributed by atoms with Crippen molar-refractivity contribution in [2.75, 3.05) is 0 Å². The average molecular weight is 286 g/mol. The molecule has 0 aliphatic rings. The van der Waals surface area contributed by atoms with Crippen LogP contribution < -0.4 is 0 Å². The van der Waals surface area contributed by atoms with E-state index in [-0.39, 0.29) is 11.8 Å². The molecule has 0 amide bonds. The summed E-state index contributed by atoms with van der Waals surface area (Å²) in [7, 11) is -5.11. The van der Waals surface area contributed by atoms with Crippen molar-refractivity contribution in [3.05, 3.63) is 12.7 Å². The molecule has 98 valence electrons. The Balaban J connectivity index is 5.34. The Morgan fingerprint density at radius 3 is 1.94 bits per heavy atom. The molecule has 4 N–H and O–H groups in total. The molecule has 0 saturated heterocycles. The van der Waals surface area contributed by atoms with Crippen molar-refractivity contribution >= 4 is 33.8 Å². The minimum atomic E-state index is -5.11. The van der Waals surface area contributed by atoms with Crippen LogP contribution >= 0.6 is 11.8 Å². The SMILES string of the molecule is C=CC(O)SC(C(=O)O)C(C(=O)O)S(=O)(=O)O. The monoisotopic (exact) mass is 286 g/mol. The Bertz CT molecular complexity index is 414. The number of aliphatic carboxylic acids is 2. The van der Waals surface area contributed by atoms with Gasteiger partial charge in [0.05, 0.1) is 0 Å². The van der Waals surface area contributed by atoms with Gasteiger partial charge in [0, 0.05) is 0 Å². The summed E-state index contributed by atoms with van der Waals surface area (Å²) in [4.78, 5) is 21.4. The molecule has 3 unspecified atom stereocenters. The summed E-state index contributed by atoms with van der Waals surface area (Å²) in [6, 6.07) is 0. The number of carbonyl (C=O) groups is 2. The number of hydrogen-bond donors (Lipinski definition) is 4. The van der Waals surface area contributed by atoms with Gasteiger partial charge in [-0.25, -0.2) is 0 Å². The normalized spacial score (nSPS) is 16.8. The van der Waals surface area contributed by atoms with Crippen LogP contribution in [-0.2, 0) is 19.7 Å². The molecule has 0 aromatic rings. The van der Waals surface area contributed by atoms with Crippen molar-refractivity contribution in [3.8, 4) is 0 Å². The first-order valence-corrected chi connectivity index (χ1v) is 6.43. The largest absolute Gasteiger partial charge is 0.480 e. The Hall–Kier alpha value is -1.10. The van der Waals surface area contributed by atoms with Crippen LogP contribution in [0.2, 0.25) is 0 Å². The highest BCUT2D eigenvalue weighted by Gasteiger charge is 2.44. The lowest BCUT2D eigenvalue weighted by Gasteiger charge is -2.18. The van der Waals surface area contributed by atoms with E-state index in [9.17, 15) is 18.0 Å². The molecule has 0 aromatic carbocycles. The van der Waals surface area contributed by atoms with Crippen LogP contribution in [0.4, 0.5) is 0 Å². The van der Waals surface area contributed by atoms with E-state index in [1.807, 2.05) is 0 Å². The van der Waals surface area contributed by atoms with E-state index in [0.29, 0.717) is 0 Å². The van der Waals surface area contributed by atoms with E-state index in [0.717, 1.165) is 6.08 Å². The molecule has 0 aliphatic carbocycles. The minimum Gasteiger partial charge on any atom is -0.480 e. The lowest BCUT2D eigenvalue weighted by Crippen LogP contribution is -2.44. The van der Waals surface area contributed by atoms with Crippen molar-refractivity contribution in [3.63, 3.8) is 0 Å². The van der Waals surface area contributed by atoms with E-state index >= 15 is 0 Å². The van der Waals surface area contributed by atoms with Gasteiger partial charge in [0.2, 0.25) is 5.25 Å². The summed E-state index contributed by atoms with van der Waals surface area (Å²) in [5.74, 6) is -3.82. The predicted molar refractivity (Wildman–Crippen MR) is 58.2 cm³/mol. The van der Waals surface area contributed by atoms with Crippen LogP contribution in [-0.4, -0.2) is 56.2 Å². The molecule has 0 fully saturated rings. The lowest BCUT2D eigenvalue weighted by molar-refractivity contribution is -0.142. The highest BCUT2D eigenvalue weighted by Crippen LogP contribution is 2.24. The number of thioether (sulfide) groups is 1. The zero-order valence-electron chi connectivity index (χ0n) is 8.25. The molecule has 0 radical (unpaired) electrons. The third-order valence-electron chi connectivity index (χ3n) is 1.57. The Morgan fingerprint density at radius 1 is 1.24 bits per heavy atom. The van der Waals surface area contributed by atoms with Gasteiger partial charge in [0.25, 0.3) is 10.1 Å². The number of aliphatic hydroxyl groups excluding tert-OH is 1. The van der Waals surface area contributed by atoms with Gasteiger partial charge < -0.3 is 15.3 Å². The Morgan fingerprint density at radius 2 is 1.71 bits per heavy atom. The van der Waals surface area contributed by atoms with Crippen LogP contribution in [0.5, 0.6) is 0 Å². The first kappa shape index (κ1) is 15.9. The summed E-state index contributed by atoms with van der Waals surface area (Å²) in [5, 5.41) is 21.7. The van der Waals surface area contributed by atoms with Crippen molar-refractivity contribution in [2.45, 2.75) is 15.9 Å². The van der Waals surface area contributed by atoms with Gasteiger partial charge in [-0.1, -0.05) is 12.7 Å². The van der Waals surface area contributed by atoms with Crippen LogP contribution in [0.3, 0.4) is 0 Å². The number of aliphatic hydroxyl groups is 1. The number of carboxylic acids is 2. The maximum atomic E-state index is 10.8. The lowest BCUT2D eigenvalue weighted by atomic mass is 10.3. The van der Waals surface area contributed by atoms with Gasteiger partial charge in [0.15, 0.2) is 0 Å². The molecule has 0 rings (SSSR count). The molecule has 0 spiro atoms. The molecule has 10 heteroatoms. The maximum absolute atomic E-state index is 10.8. The summed E-state index contributed by atoms with van der Waals surface area (Å²) in [6.45, 7) is 3.12. The first-order chi connectivity index (χ1) is 7.61.